The third kappa shape index (κ3) is 5.29. The maximum absolute atomic E-state index is 14.4. The van der Waals surface area contributed by atoms with Gasteiger partial charge in [0.15, 0.2) is 0 Å². The van der Waals surface area contributed by atoms with Crippen LogP contribution in [0, 0.1) is 18.3 Å². The summed E-state index contributed by atoms with van der Waals surface area (Å²) in [4.78, 5) is 21.0. The van der Waals surface area contributed by atoms with Crippen LogP contribution in [0.2, 0.25) is 0 Å². The molecule has 1 fully saturated rings. The number of benzene rings is 3. The van der Waals surface area contributed by atoms with Crippen LogP contribution in [0.1, 0.15) is 66.7 Å². The van der Waals surface area contributed by atoms with E-state index in [0.717, 1.165) is 41.0 Å². The van der Waals surface area contributed by atoms with Crippen LogP contribution in [0.4, 0.5) is 5.69 Å². The fourth-order valence-electron chi connectivity index (χ4n) is 6.59. The van der Waals surface area contributed by atoms with Crippen molar-refractivity contribution in [2.45, 2.75) is 63.4 Å². The lowest BCUT2D eigenvalue weighted by Crippen LogP contribution is -2.35. The first-order valence-corrected chi connectivity index (χ1v) is 16.1. The fourth-order valence-corrected chi connectivity index (χ4v) is 7.84. The molecule has 2 aliphatic rings. The van der Waals surface area contributed by atoms with Gasteiger partial charge in [-0.05, 0) is 72.6 Å². The Bertz CT molecular complexity index is 1710. The molecule has 3 atom stereocenters. The molecule has 1 saturated carbocycles. The Morgan fingerprint density at radius 1 is 1.07 bits per heavy atom. The zero-order chi connectivity index (χ0) is 29.6. The van der Waals surface area contributed by atoms with E-state index in [0.29, 0.717) is 13.0 Å². The molecule has 0 spiro atoms. The van der Waals surface area contributed by atoms with Crippen LogP contribution in [0.25, 0.3) is 0 Å². The van der Waals surface area contributed by atoms with Crippen LogP contribution < -0.4 is 9.62 Å². The minimum Gasteiger partial charge on any atom is -0.337 e. The first-order chi connectivity index (χ1) is 20.1. The molecule has 4 aromatic rings. The van der Waals surface area contributed by atoms with Crippen LogP contribution in [0.3, 0.4) is 0 Å². The van der Waals surface area contributed by atoms with Gasteiger partial charge in [-0.2, -0.15) is 0 Å². The van der Waals surface area contributed by atoms with Crippen LogP contribution in [0.5, 0.6) is 0 Å². The summed E-state index contributed by atoms with van der Waals surface area (Å²) in [6, 6.07) is 22.9. The van der Waals surface area contributed by atoms with E-state index in [-0.39, 0.29) is 34.1 Å². The molecule has 2 aliphatic carbocycles. The zero-order valence-corrected chi connectivity index (χ0v) is 25.4. The van der Waals surface area contributed by atoms with Gasteiger partial charge in [0.1, 0.15) is 5.82 Å². The molecule has 1 N–H and O–H groups in total. The Balaban J connectivity index is 1.35. The van der Waals surface area contributed by atoms with Crippen molar-refractivity contribution in [3.63, 3.8) is 0 Å². The van der Waals surface area contributed by atoms with E-state index in [2.05, 4.69) is 41.8 Å². The van der Waals surface area contributed by atoms with Gasteiger partial charge in [0.25, 0.3) is 0 Å². The van der Waals surface area contributed by atoms with Gasteiger partial charge in [-0.25, -0.2) is 18.1 Å². The molecule has 1 heterocycles. The molecule has 7 nitrogen and oxygen atoms in total. The number of nitrogens with one attached hydrogen (secondary N) is 1. The van der Waals surface area contributed by atoms with E-state index in [9.17, 15) is 13.2 Å². The molecule has 6 rings (SSSR count). The molecule has 0 saturated heterocycles. The molecular weight excluding hydrogens is 544 g/mol. The van der Waals surface area contributed by atoms with Crippen LogP contribution in [0.15, 0.2) is 90.1 Å². The van der Waals surface area contributed by atoms with Gasteiger partial charge in [-0.15, -0.1) is 0 Å². The number of anilines is 1. The maximum atomic E-state index is 14.4. The van der Waals surface area contributed by atoms with E-state index in [1.807, 2.05) is 72.1 Å². The number of fused-ring (bicyclic) bond motifs is 1. The largest absolute Gasteiger partial charge is 0.337 e. The predicted molar refractivity (Wildman–Crippen MR) is 164 cm³/mol. The Kier molecular flexibility index (Phi) is 7.31. The van der Waals surface area contributed by atoms with Gasteiger partial charge < -0.3 is 9.47 Å². The third-order valence-electron chi connectivity index (χ3n) is 9.12. The lowest BCUT2D eigenvalue weighted by Gasteiger charge is -2.30. The Hall–Kier alpha value is -3.75. The minimum atomic E-state index is -3.72. The van der Waals surface area contributed by atoms with Crippen molar-refractivity contribution in [1.82, 2.24) is 14.3 Å². The number of sulfonamides is 1. The van der Waals surface area contributed by atoms with Crippen molar-refractivity contribution in [2.24, 2.45) is 18.4 Å². The third-order valence-corrected chi connectivity index (χ3v) is 10.6. The maximum Gasteiger partial charge on any atom is 0.241 e. The lowest BCUT2D eigenvalue weighted by atomic mass is 9.87. The highest BCUT2D eigenvalue weighted by Gasteiger charge is 2.63. The number of carbonyl (C=O) groups is 1. The number of carbonyl (C=O) groups excluding carboxylic acids is 1. The zero-order valence-electron chi connectivity index (χ0n) is 24.6. The van der Waals surface area contributed by atoms with Crippen LogP contribution >= 0.6 is 0 Å². The van der Waals surface area contributed by atoms with Crippen molar-refractivity contribution in [2.75, 3.05) is 4.90 Å². The van der Waals surface area contributed by atoms with Gasteiger partial charge in [0.2, 0.25) is 15.9 Å². The molecule has 0 unspecified atom stereocenters. The number of amides is 1. The van der Waals surface area contributed by atoms with Gasteiger partial charge in [0, 0.05) is 37.1 Å². The standard InChI is InChI=1S/C34H38N4O3S/c1-23-13-17-27(18-14-23)42(40,41)36-29-12-8-11-24-15-16-26(21-28(24)29)38(22-30-35-19-20-37(30)4)33(39)32-31(34(32,2)3)25-9-6-5-7-10-25/h5-7,9-10,13-21,29,31-32,36H,8,11-12,22H2,1-4H3/t29-,31-,32-/m1/s1. The smallest absolute Gasteiger partial charge is 0.241 e. The van der Waals surface area contributed by atoms with Gasteiger partial charge in [-0.3, -0.25) is 4.79 Å². The number of imidazole rings is 1. The summed E-state index contributed by atoms with van der Waals surface area (Å²) in [6.07, 6.45) is 6.08. The summed E-state index contributed by atoms with van der Waals surface area (Å²) in [5, 5.41) is 0. The molecule has 0 bridgehead atoms. The van der Waals surface area contributed by atoms with E-state index in [1.54, 1.807) is 18.3 Å². The van der Waals surface area contributed by atoms with Crippen LogP contribution in [-0.4, -0.2) is 23.9 Å². The summed E-state index contributed by atoms with van der Waals surface area (Å²) in [5.74, 6) is 0.797. The predicted octanol–water partition coefficient (Wildman–Crippen LogP) is 6.06. The molecular formula is C34H38N4O3S. The second-order valence-electron chi connectivity index (χ2n) is 12.3. The van der Waals surface area contributed by atoms with Gasteiger partial charge in [0.05, 0.1) is 17.4 Å². The highest BCUT2D eigenvalue weighted by atomic mass is 32.2. The normalized spacial score (nSPS) is 21.0. The van der Waals surface area contributed by atoms with E-state index in [1.165, 1.54) is 5.56 Å². The fraction of sp³-hybridized carbons (Fsp3) is 0.353. The minimum absolute atomic E-state index is 0.0596. The highest BCUT2D eigenvalue weighted by Crippen LogP contribution is 2.65. The molecule has 1 aromatic heterocycles. The number of rotatable bonds is 8. The summed E-state index contributed by atoms with van der Waals surface area (Å²) < 4.78 is 31.6. The molecule has 0 aliphatic heterocycles. The van der Waals surface area contributed by atoms with Crippen molar-refractivity contribution < 1.29 is 13.2 Å². The number of hydrogen-bond acceptors (Lipinski definition) is 4. The quantitative estimate of drug-likeness (QED) is 0.274. The number of hydrogen-bond donors (Lipinski definition) is 1. The molecule has 1 amide bonds. The lowest BCUT2D eigenvalue weighted by molar-refractivity contribution is -0.120. The highest BCUT2D eigenvalue weighted by molar-refractivity contribution is 7.89. The van der Waals surface area contributed by atoms with Gasteiger partial charge in [-0.1, -0.05) is 67.9 Å². The first kappa shape index (κ1) is 28.4. The van der Waals surface area contributed by atoms with Crippen molar-refractivity contribution in [1.29, 1.82) is 0 Å². The number of nitrogens with zero attached hydrogens (tertiary/aromatic N) is 3. The summed E-state index contributed by atoms with van der Waals surface area (Å²) >= 11 is 0. The van der Waals surface area contributed by atoms with E-state index < -0.39 is 10.0 Å². The topological polar surface area (TPSA) is 84.3 Å². The van der Waals surface area contributed by atoms with E-state index in [4.69, 9.17) is 0 Å². The second kappa shape index (κ2) is 10.8. The SMILES string of the molecule is Cc1ccc(S(=O)(=O)N[C@@H]2CCCc3ccc(N(Cc4nccn4C)C(=O)[C@H]4[C@@H](c5ccccc5)C4(C)C)cc32)cc1. The number of aryl methyl sites for hydroxylation is 3. The van der Waals surface area contributed by atoms with Gasteiger partial charge >= 0.3 is 0 Å². The average molecular weight is 583 g/mol. The first-order valence-electron chi connectivity index (χ1n) is 14.6. The molecule has 3 aromatic carbocycles. The summed E-state index contributed by atoms with van der Waals surface area (Å²) in [5.41, 5.74) is 4.80. The Labute approximate surface area is 248 Å². The summed E-state index contributed by atoms with van der Waals surface area (Å²) in [7, 11) is -1.78. The second-order valence-corrected chi connectivity index (χ2v) is 14.0. The van der Waals surface area contributed by atoms with E-state index >= 15 is 0 Å². The van der Waals surface area contributed by atoms with Crippen LogP contribution in [-0.2, 0) is 34.8 Å². The molecule has 42 heavy (non-hydrogen) atoms. The molecule has 8 heteroatoms. The Morgan fingerprint density at radius 2 is 1.81 bits per heavy atom. The van der Waals surface area contributed by atoms with Crippen molar-refractivity contribution >= 4 is 21.6 Å². The molecule has 218 valence electrons. The summed E-state index contributed by atoms with van der Waals surface area (Å²) in [6.45, 7) is 6.59. The monoisotopic (exact) mass is 582 g/mol. The average Bonchev–Trinajstić information content (AvgIpc) is 3.32. The Morgan fingerprint density at radius 3 is 2.50 bits per heavy atom. The van der Waals surface area contributed by atoms with Crippen molar-refractivity contribution in [3.8, 4) is 0 Å². The van der Waals surface area contributed by atoms with Crippen molar-refractivity contribution in [3.05, 3.63) is 113 Å². The molecule has 0 radical (unpaired) electrons. The number of aromatic nitrogens is 2.